The number of aromatic nitrogens is 1. The van der Waals surface area contributed by atoms with Crippen LogP contribution in [0.15, 0.2) is 33.8 Å². The summed E-state index contributed by atoms with van der Waals surface area (Å²) < 4.78 is 34.0. The topological polar surface area (TPSA) is 62.9 Å². The number of guanidine groups is 1. The van der Waals surface area contributed by atoms with Gasteiger partial charge < -0.3 is 19.5 Å². The lowest BCUT2D eigenvalue weighted by atomic mass is 10.1. The minimum atomic E-state index is -2.82. The number of nitrogens with one attached hydrogen (secondary N) is 1. The molecule has 0 saturated carbocycles. The highest BCUT2D eigenvalue weighted by molar-refractivity contribution is 5.79. The van der Waals surface area contributed by atoms with E-state index in [4.69, 9.17) is 4.52 Å². The molecular weight excluding hydrogens is 354 g/mol. The van der Waals surface area contributed by atoms with Crippen LogP contribution < -0.4 is 10.1 Å². The number of nitrogens with zero attached hydrogens (tertiary/aromatic N) is 3. The maximum absolute atomic E-state index is 12.2. The van der Waals surface area contributed by atoms with Gasteiger partial charge in [0.15, 0.2) is 5.96 Å². The first-order chi connectivity index (χ1) is 12.9. The Morgan fingerprint density at radius 1 is 1.30 bits per heavy atom. The van der Waals surface area contributed by atoms with Crippen molar-refractivity contribution in [3.63, 3.8) is 0 Å². The van der Waals surface area contributed by atoms with Gasteiger partial charge in [-0.1, -0.05) is 17.3 Å². The number of hydrogen-bond acceptors (Lipinski definition) is 4. The molecular formula is C19H26F2N4O2. The van der Waals surface area contributed by atoms with Crippen molar-refractivity contribution in [1.82, 2.24) is 15.4 Å². The molecule has 0 fully saturated rings. The quantitative estimate of drug-likeness (QED) is 0.561. The van der Waals surface area contributed by atoms with Crippen LogP contribution in [-0.2, 0) is 13.0 Å². The number of hydrogen-bond donors (Lipinski definition) is 1. The van der Waals surface area contributed by atoms with Gasteiger partial charge in [-0.2, -0.15) is 8.78 Å². The van der Waals surface area contributed by atoms with Gasteiger partial charge in [0.2, 0.25) is 0 Å². The summed E-state index contributed by atoms with van der Waals surface area (Å²) in [5.74, 6) is 1.75. The van der Waals surface area contributed by atoms with E-state index in [2.05, 4.69) is 20.2 Å². The number of rotatable bonds is 8. The Morgan fingerprint density at radius 3 is 2.56 bits per heavy atom. The molecule has 0 spiro atoms. The van der Waals surface area contributed by atoms with Crippen LogP contribution in [0.25, 0.3) is 0 Å². The van der Waals surface area contributed by atoms with Crippen molar-refractivity contribution in [2.75, 3.05) is 20.1 Å². The summed E-state index contributed by atoms with van der Waals surface area (Å²) in [6.45, 7) is 4.96. The SMILES string of the molecule is CCNC(=NCCc1c(C)noc1C)N(C)Cc1ccc(OC(F)F)cc1. The van der Waals surface area contributed by atoms with Gasteiger partial charge in [0.1, 0.15) is 11.5 Å². The molecule has 0 radical (unpaired) electrons. The minimum absolute atomic E-state index is 0.149. The van der Waals surface area contributed by atoms with Crippen molar-refractivity contribution in [3.8, 4) is 5.75 Å². The predicted molar refractivity (Wildman–Crippen MR) is 100 cm³/mol. The number of halogens is 2. The summed E-state index contributed by atoms with van der Waals surface area (Å²) in [6, 6.07) is 6.61. The fourth-order valence-corrected chi connectivity index (χ4v) is 2.73. The number of alkyl halides is 2. The van der Waals surface area contributed by atoms with Crippen LogP contribution in [0.1, 0.15) is 29.5 Å². The van der Waals surface area contributed by atoms with Crippen LogP contribution in [0.3, 0.4) is 0 Å². The van der Waals surface area contributed by atoms with Crippen LogP contribution in [0.4, 0.5) is 8.78 Å². The fourth-order valence-electron chi connectivity index (χ4n) is 2.73. The summed E-state index contributed by atoms with van der Waals surface area (Å²) in [4.78, 5) is 6.65. The smallest absolute Gasteiger partial charge is 0.387 e. The molecule has 0 unspecified atom stereocenters. The summed E-state index contributed by atoms with van der Waals surface area (Å²) in [7, 11) is 1.93. The second-order valence-electron chi connectivity index (χ2n) is 6.17. The molecule has 1 aromatic heterocycles. The summed E-state index contributed by atoms with van der Waals surface area (Å²) in [6.07, 6.45) is 0.754. The van der Waals surface area contributed by atoms with Gasteiger partial charge in [-0.3, -0.25) is 4.99 Å². The second kappa shape index (κ2) is 9.89. The molecule has 2 aromatic rings. The highest BCUT2D eigenvalue weighted by Crippen LogP contribution is 2.16. The average Bonchev–Trinajstić information content (AvgIpc) is 2.94. The Labute approximate surface area is 158 Å². The molecule has 6 nitrogen and oxygen atoms in total. The standard InChI is InChI=1S/C19H26F2N4O2/c1-5-22-19(23-11-10-17-13(2)24-27-14(17)3)25(4)12-15-6-8-16(9-7-15)26-18(20)21/h6-9,18H,5,10-12H2,1-4H3,(H,22,23). The molecule has 27 heavy (non-hydrogen) atoms. The number of aliphatic imine (C=N–C) groups is 1. The van der Waals surface area contributed by atoms with Gasteiger partial charge in [0.05, 0.1) is 5.69 Å². The molecule has 2 rings (SSSR count). The van der Waals surface area contributed by atoms with Crippen LogP contribution >= 0.6 is 0 Å². The lowest BCUT2D eigenvalue weighted by molar-refractivity contribution is -0.0498. The molecule has 148 valence electrons. The molecule has 8 heteroatoms. The first kappa shape index (κ1) is 20.7. The molecule has 0 atom stereocenters. The Bertz CT molecular complexity index is 725. The molecule has 0 aliphatic heterocycles. The van der Waals surface area contributed by atoms with Crippen molar-refractivity contribution >= 4 is 5.96 Å². The third-order valence-electron chi connectivity index (χ3n) is 4.07. The summed E-state index contributed by atoms with van der Waals surface area (Å²) in [5.41, 5.74) is 2.95. The first-order valence-corrected chi connectivity index (χ1v) is 8.85. The number of ether oxygens (including phenoxy) is 1. The van der Waals surface area contributed by atoms with Crippen LogP contribution in [0.2, 0.25) is 0 Å². The van der Waals surface area contributed by atoms with Gasteiger partial charge >= 0.3 is 6.61 Å². The summed E-state index contributed by atoms with van der Waals surface area (Å²) in [5, 5.41) is 7.22. The van der Waals surface area contributed by atoms with Crippen molar-refractivity contribution < 1.29 is 18.0 Å². The van der Waals surface area contributed by atoms with Gasteiger partial charge in [-0.05, 0) is 44.9 Å². The van der Waals surface area contributed by atoms with Crippen LogP contribution in [0.5, 0.6) is 5.75 Å². The minimum Gasteiger partial charge on any atom is -0.435 e. The van der Waals surface area contributed by atoms with Crippen LogP contribution in [0, 0.1) is 13.8 Å². The van der Waals surface area contributed by atoms with Crippen molar-refractivity contribution in [2.24, 2.45) is 4.99 Å². The number of benzene rings is 1. The molecule has 1 aromatic carbocycles. The van der Waals surface area contributed by atoms with Gasteiger partial charge in [-0.25, -0.2) is 0 Å². The Hall–Kier alpha value is -2.64. The van der Waals surface area contributed by atoms with E-state index in [0.29, 0.717) is 13.1 Å². The monoisotopic (exact) mass is 380 g/mol. The molecule has 0 saturated heterocycles. The lowest BCUT2D eigenvalue weighted by Gasteiger charge is -2.22. The maximum Gasteiger partial charge on any atom is 0.387 e. The molecule has 0 aliphatic carbocycles. The largest absolute Gasteiger partial charge is 0.435 e. The van der Waals surface area contributed by atoms with Crippen molar-refractivity contribution in [1.29, 1.82) is 0 Å². The Morgan fingerprint density at radius 2 is 2.00 bits per heavy atom. The first-order valence-electron chi connectivity index (χ1n) is 8.85. The summed E-state index contributed by atoms with van der Waals surface area (Å²) >= 11 is 0. The highest BCUT2D eigenvalue weighted by atomic mass is 19.3. The molecule has 0 amide bonds. The van der Waals surface area contributed by atoms with E-state index in [1.807, 2.05) is 32.7 Å². The number of aryl methyl sites for hydroxylation is 2. The second-order valence-corrected chi connectivity index (χ2v) is 6.17. The third-order valence-corrected chi connectivity index (χ3v) is 4.07. The van der Waals surface area contributed by atoms with Gasteiger partial charge in [-0.15, -0.1) is 0 Å². The van der Waals surface area contributed by atoms with E-state index in [9.17, 15) is 8.78 Å². The van der Waals surface area contributed by atoms with E-state index in [0.717, 1.165) is 41.5 Å². The average molecular weight is 380 g/mol. The molecule has 0 aliphatic rings. The Kier molecular flexibility index (Phi) is 7.57. The maximum atomic E-state index is 12.2. The molecule has 0 bridgehead atoms. The highest BCUT2D eigenvalue weighted by Gasteiger charge is 2.10. The van der Waals surface area contributed by atoms with E-state index in [1.54, 1.807) is 12.1 Å². The van der Waals surface area contributed by atoms with Crippen molar-refractivity contribution in [3.05, 3.63) is 46.8 Å². The van der Waals surface area contributed by atoms with Gasteiger partial charge in [0.25, 0.3) is 0 Å². The van der Waals surface area contributed by atoms with E-state index in [-0.39, 0.29) is 5.75 Å². The van der Waals surface area contributed by atoms with E-state index in [1.165, 1.54) is 12.1 Å². The molecule has 1 heterocycles. The van der Waals surface area contributed by atoms with E-state index >= 15 is 0 Å². The van der Waals surface area contributed by atoms with Gasteiger partial charge in [0, 0.05) is 32.2 Å². The Balaban J connectivity index is 1.97. The fraction of sp³-hybridized carbons (Fsp3) is 0.474. The predicted octanol–water partition coefficient (Wildman–Crippen LogP) is 3.53. The van der Waals surface area contributed by atoms with Crippen molar-refractivity contribution in [2.45, 2.75) is 40.3 Å². The zero-order valence-electron chi connectivity index (χ0n) is 16.1. The zero-order chi connectivity index (χ0) is 19.8. The van der Waals surface area contributed by atoms with E-state index < -0.39 is 6.61 Å². The zero-order valence-corrected chi connectivity index (χ0v) is 16.1. The lowest BCUT2D eigenvalue weighted by Crippen LogP contribution is -2.38. The molecule has 1 N–H and O–H groups in total. The van der Waals surface area contributed by atoms with Crippen LogP contribution in [-0.4, -0.2) is 42.8 Å². The normalized spacial score (nSPS) is 11.7. The third kappa shape index (κ3) is 6.23.